The Labute approximate surface area is 190 Å². The second-order valence-corrected chi connectivity index (χ2v) is 7.48. The van der Waals surface area contributed by atoms with Crippen LogP contribution in [0, 0.1) is 11.8 Å². The number of benzene rings is 1. The van der Waals surface area contributed by atoms with E-state index in [4.69, 9.17) is 15.2 Å². The molecule has 33 heavy (non-hydrogen) atoms. The third-order valence-electron chi connectivity index (χ3n) is 5.30. The number of nitrogens with zero attached hydrogens (tertiary/aromatic N) is 5. The lowest BCUT2D eigenvalue weighted by Crippen LogP contribution is -2.25. The molecule has 1 unspecified atom stereocenters. The summed E-state index contributed by atoms with van der Waals surface area (Å²) in [6.07, 6.45) is 2.97. The van der Waals surface area contributed by atoms with Gasteiger partial charge in [0.05, 0.1) is 25.3 Å². The van der Waals surface area contributed by atoms with Gasteiger partial charge >= 0.3 is 0 Å². The third kappa shape index (κ3) is 4.78. The molecule has 10 heteroatoms. The van der Waals surface area contributed by atoms with E-state index < -0.39 is 6.17 Å². The predicted molar refractivity (Wildman–Crippen MR) is 122 cm³/mol. The van der Waals surface area contributed by atoms with Crippen LogP contribution in [-0.4, -0.2) is 71.0 Å². The molecule has 170 valence electrons. The zero-order chi connectivity index (χ0) is 23.4. The zero-order valence-electron chi connectivity index (χ0n) is 18.3. The molecule has 3 heterocycles. The van der Waals surface area contributed by atoms with Crippen LogP contribution in [0.1, 0.15) is 17.7 Å². The Balaban J connectivity index is 1.78. The first kappa shape index (κ1) is 22.2. The summed E-state index contributed by atoms with van der Waals surface area (Å²) in [6.45, 7) is 1.23. The maximum atomic E-state index is 13.7. The van der Waals surface area contributed by atoms with Gasteiger partial charge in [0.25, 0.3) is 0 Å². The summed E-state index contributed by atoms with van der Waals surface area (Å²) in [5, 5.41) is 5.05. The van der Waals surface area contributed by atoms with Crippen LogP contribution in [0.15, 0.2) is 30.6 Å². The molecule has 1 atom stereocenters. The van der Waals surface area contributed by atoms with E-state index in [0.717, 1.165) is 0 Å². The van der Waals surface area contributed by atoms with E-state index in [1.807, 2.05) is 4.90 Å². The van der Waals surface area contributed by atoms with Crippen LogP contribution in [0.4, 0.5) is 10.2 Å². The molecule has 2 N–H and O–H groups in total. The largest absolute Gasteiger partial charge is 0.497 e. The van der Waals surface area contributed by atoms with Gasteiger partial charge in [0, 0.05) is 37.3 Å². The van der Waals surface area contributed by atoms with Crippen LogP contribution in [0.2, 0.25) is 0 Å². The molecule has 0 amide bonds. The molecule has 9 nitrogen and oxygen atoms in total. The first-order valence-corrected chi connectivity index (χ1v) is 10.3. The average molecular weight is 450 g/mol. The number of methoxy groups -OCH3 is 2. The summed E-state index contributed by atoms with van der Waals surface area (Å²) in [6, 6.07) is 5.29. The number of carbonyl (C=O) groups excluding carboxylic acids is 1. The van der Waals surface area contributed by atoms with Crippen molar-refractivity contribution >= 4 is 28.8 Å². The van der Waals surface area contributed by atoms with E-state index in [-0.39, 0.29) is 5.82 Å². The van der Waals surface area contributed by atoms with E-state index in [0.29, 0.717) is 71.8 Å². The number of carbonyl (C=O) groups is 1. The normalized spacial score (nSPS) is 16.5. The molecule has 0 saturated carbocycles. The molecule has 1 aliphatic heterocycles. The summed E-state index contributed by atoms with van der Waals surface area (Å²) < 4.78 is 25.8. The van der Waals surface area contributed by atoms with Crippen LogP contribution < -0.4 is 15.2 Å². The molecular weight excluding hydrogens is 427 g/mol. The van der Waals surface area contributed by atoms with E-state index >= 15 is 0 Å². The van der Waals surface area contributed by atoms with Gasteiger partial charge in [-0.3, -0.25) is 9.69 Å². The van der Waals surface area contributed by atoms with Crippen LogP contribution in [0.25, 0.3) is 16.7 Å². The van der Waals surface area contributed by atoms with E-state index in [1.54, 1.807) is 32.4 Å². The number of hydrogen-bond donors (Lipinski definition) is 1. The molecule has 0 radical (unpaired) electrons. The highest BCUT2D eigenvalue weighted by Crippen LogP contribution is 2.25. The number of ether oxygens (including phenoxy) is 2. The summed E-state index contributed by atoms with van der Waals surface area (Å²) in [5.74, 6) is 7.49. The van der Waals surface area contributed by atoms with Gasteiger partial charge in [0.15, 0.2) is 5.65 Å². The number of alkyl halides is 1. The van der Waals surface area contributed by atoms with Crippen molar-refractivity contribution in [2.75, 3.05) is 39.6 Å². The molecular formula is C23H23FN6O3. The monoisotopic (exact) mass is 450 g/mol. The first-order chi connectivity index (χ1) is 16.0. The molecule has 4 rings (SSSR count). The number of nitrogens with two attached hydrogens (primary N) is 1. The molecule has 1 fully saturated rings. The number of fused-ring (bicyclic) bond motifs is 1. The predicted octanol–water partition coefficient (Wildman–Crippen LogP) is 1.91. The first-order valence-electron chi connectivity index (χ1n) is 10.3. The number of aromatic nitrogens is 4. The fraction of sp³-hybridized carbons (Fsp3) is 0.304. The topological polar surface area (TPSA) is 108 Å². The number of rotatable bonds is 6. The van der Waals surface area contributed by atoms with Crippen molar-refractivity contribution in [2.24, 2.45) is 0 Å². The fourth-order valence-corrected chi connectivity index (χ4v) is 3.70. The van der Waals surface area contributed by atoms with Gasteiger partial charge in [-0.1, -0.05) is 5.92 Å². The van der Waals surface area contributed by atoms with Crippen molar-refractivity contribution < 1.29 is 18.7 Å². The number of hydrogen-bond acceptors (Lipinski definition) is 8. The van der Waals surface area contributed by atoms with Crippen LogP contribution in [0.5, 0.6) is 11.5 Å². The molecule has 1 aliphatic rings. The Morgan fingerprint density at radius 3 is 2.64 bits per heavy atom. The Morgan fingerprint density at radius 1 is 1.24 bits per heavy atom. The van der Waals surface area contributed by atoms with Gasteiger partial charge < -0.3 is 15.2 Å². The van der Waals surface area contributed by atoms with Crippen molar-refractivity contribution in [3.05, 3.63) is 41.9 Å². The smallest absolute Gasteiger partial charge is 0.169 e. The minimum absolute atomic E-state index is 0.217. The summed E-state index contributed by atoms with van der Waals surface area (Å²) in [7, 11) is 3.12. The van der Waals surface area contributed by atoms with Gasteiger partial charge in [-0.05, 0) is 24.5 Å². The minimum atomic E-state index is -0.879. The second-order valence-electron chi connectivity index (χ2n) is 7.48. The van der Waals surface area contributed by atoms with E-state index in [2.05, 4.69) is 26.9 Å². The van der Waals surface area contributed by atoms with Crippen LogP contribution >= 0.6 is 0 Å². The minimum Gasteiger partial charge on any atom is -0.497 e. The molecule has 3 aromatic rings. The number of aldehydes is 1. The fourth-order valence-electron chi connectivity index (χ4n) is 3.70. The standard InChI is InChI=1S/C23H23FN6O3/c1-32-18-9-15(10-19(11-18)33-2)3-4-20-21-22(25)26-14-27-23(21)30(28-20)17(6-8-31)13-29-7-5-16(24)12-29/h6,8-11,14,16H,5,7,12-13H2,1-2H3,(H2,25,26,27). The summed E-state index contributed by atoms with van der Waals surface area (Å²) in [5.41, 5.74) is 8.09. The van der Waals surface area contributed by atoms with Crippen molar-refractivity contribution in [1.82, 2.24) is 24.6 Å². The molecule has 0 bridgehead atoms. The van der Waals surface area contributed by atoms with Crippen molar-refractivity contribution in [3.8, 4) is 23.3 Å². The second kappa shape index (κ2) is 9.67. The van der Waals surface area contributed by atoms with Crippen molar-refractivity contribution in [1.29, 1.82) is 0 Å². The molecule has 0 spiro atoms. The molecule has 1 aromatic carbocycles. The molecule has 0 aliphatic carbocycles. The maximum Gasteiger partial charge on any atom is 0.169 e. The highest BCUT2D eigenvalue weighted by atomic mass is 19.1. The number of halogens is 1. The average Bonchev–Trinajstić information content (AvgIpc) is 3.41. The lowest BCUT2D eigenvalue weighted by molar-refractivity contribution is -0.104. The number of anilines is 1. The molecule has 2 aromatic heterocycles. The number of allylic oxidation sites excluding steroid dienone is 1. The Morgan fingerprint density at radius 2 is 2.00 bits per heavy atom. The zero-order valence-corrected chi connectivity index (χ0v) is 18.3. The van der Waals surface area contributed by atoms with E-state index in [1.165, 1.54) is 17.1 Å². The van der Waals surface area contributed by atoms with Gasteiger partial charge in [0.1, 0.15) is 41.8 Å². The summed E-state index contributed by atoms with van der Waals surface area (Å²) in [4.78, 5) is 21.7. The van der Waals surface area contributed by atoms with Crippen LogP contribution in [-0.2, 0) is 4.79 Å². The lowest BCUT2D eigenvalue weighted by atomic mass is 10.2. The van der Waals surface area contributed by atoms with Gasteiger partial charge in [-0.2, -0.15) is 5.10 Å². The Kier molecular flexibility index (Phi) is 6.51. The lowest BCUT2D eigenvalue weighted by Gasteiger charge is -2.17. The van der Waals surface area contributed by atoms with Crippen molar-refractivity contribution in [2.45, 2.75) is 12.6 Å². The maximum absolute atomic E-state index is 13.7. The SMILES string of the molecule is COc1cc(C#Cc2nn(C(=CC=O)CN3CCC(F)C3)c3ncnc(N)c23)cc(OC)c1. The summed E-state index contributed by atoms with van der Waals surface area (Å²) >= 11 is 0. The number of likely N-dealkylation sites (tertiary alicyclic amines) is 1. The number of nitrogen functional groups attached to an aromatic ring is 1. The third-order valence-corrected chi connectivity index (χ3v) is 5.30. The van der Waals surface area contributed by atoms with Gasteiger partial charge in [-0.25, -0.2) is 19.0 Å². The highest BCUT2D eigenvalue weighted by molar-refractivity contribution is 5.93. The van der Waals surface area contributed by atoms with Gasteiger partial charge in [-0.15, -0.1) is 0 Å². The Bertz CT molecular complexity index is 1250. The highest BCUT2D eigenvalue weighted by Gasteiger charge is 2.24. The van der Waals surface area contributed by atoms with Crippen LogP contribution in [0.3, 0.4) is 0 Å². The Hall–Kier alpha value is -3.97. The molecule has 1 saturated heterocycles. The van der Waals surface area contributed by atoms with E-state index in [9.17, 15) is 9.18 Å². The van der Waals surface area contributed by atoms with Gasteiger partial charge in [0.2, 0.25) is 0 Å². The van der Waals surface area contributed by atoms with Crippen molar-refractivity contribution in [3.63, 3.8) is 0 Å². The quantitative estimate of drug-likeness (QED) is 0.345.